The number of alkyl halides is 3. The zero-order valence-electron chi connectivity index (χ0n) is 18.3. The van der Waals surface area contributed by atoms with Gasteiger partial charge in [-0.25, -0.2) is 18.8 Å². The van der Waals surface area contributed by atoms with Crippen molar-refractivity contribution < 1.29 is 17.9 Å². The van der Waals surface area contributed by atoms with Crippen molar-refractivity contribution in [2.45, 2.75) is 18.4 Å². The molecule has 0 amide bonds. The first kappa shape index (κ1) is 22.8. The molecule has 1 saturated heterocycles. The molecule has 3 heterocycles. The quantitative estimate of drug-likeness (QED) is 0.325. The number of nitrogens with one attached hydrogen (secondary N) is 3. The lowest BCUT2D eigenvalue weighted by molar-refractivity contribution is 0.00583. The number of hydrogen-bond acceptors (Lipinski definition) is 8. The van der Waals surface area contributed by atoms with Gasteiger partial charge in [0.15, 0.2) is 0 Å². The third-order valence-corrected chi connectivity index (χ3v) is 5.51. The SMILES string of the molecule is COc1nc(N[C@@H]2CN(C)CC2(F)F)nn2ccc(-c3ccc(N=N)c(NCCCF)c3)c12. The highest BCUT2D eigenvalue weighted by molar-refractivity contribution is 5.87. The van der Waals surface area contributed by atoms with Crippen molar-refractivity contribution in [3.63, 3.8) is 0 Å². The van der Waals surface area contributed by atoms with E-state index in [2.05, 4.69) is 25.8 Å². The fraction of sp³-hybridized carbons (Fsp3) is 0.429. The lowest BCUT2D eigenvalue weighted by Gasteiger charge is -2.19. The molecule has 12 heteroatoms. The van der Waals surface area contributed by atoms with E-state index in [9.17, 15) is 13.2 Å². The minimum atomic E-state index is -2.90. The van der Waals surface area contributed by atoms with Gasteiger partial charge in [0, 0.05) is 24.8 Å². The van der Waals surface area contributed by atoms with Gasteiger partial charge in [-0.1, -0.05) is 6.07 Å². The number of rotatable bonds is 9. The summed E-state index contributed by atoms with van der Waals surface area (Å²) < 4.78 is 47.9. The Bertz CT molecular complexity index is 1150. The van der Waals surface area contributed by atoms with Crippen molar-refractivity contribution in [1.29, 1.82) is 5.53 Å². The molecule has 176 valence electrons. The zero-order chi connectivity index (χ0) is 23.6. The van der Waals surface area contributed by atoms with Gasteiger partial charge in [0.2, 0.25) is 11.8 Å². The Hall–Kier alpha value is -3.41. The molecule has 0 spiro atoms. The van der Waals surface area contributed by atoms with Gasteiger partial charge in [0.25, 0.3) is 5.92 Å². The van der Waals surface area contributed by atoms with E-state index in [1.807, 2.05) is 6.07 Å². The zero-order valence-corrected chi connectivity index (χ0v) is 18.3. The minimum absolute atomic E-state index is 0.0402. The van der Waals surface area contributed by atoms with Crippen LogP contribution in [0.25, 0.3) is 16.6 Å². The first-order valence-electron chi connectivity index (χ1n) is 10.4. The number of ether oxygens (including phenoxy) is 1. The molecule has 1 aliphatic heterocycles. The van der Waals surface area contributed by atoms with Gasteiger partial charge in [-0.05, 0) is 37.2 Å². The summed E-state index contributed by atoms with van der Waals surface area (Å²) in [7, 11) is 3.09. The Morgan fingerprint density at radius 3 is 2.82 bits per heavy atom. The van der Waals surface area contributed by atoms with E-state index in [0.29, 0.717) is 29.9 Å². The second-order valence-electron chi connectivity index (χ2n) is 7.94. The second-order valence-corrected chi connectivity index (χ2v) is 7.94. The fourth-order valence-electron chi connectivity index (χ4n) is 3.95. The van der Waals surface area contributed by atoms with Gasteiger partial charge in [-0.15, -0.1) is 5.10 Å². The van der Waals surface area contributed by atoms with Gasteiger partial charge in [0.1, 0.15) is 17.2 Å². The van der Waals surface area contributed by atoms with Crippen LogP contribution in [-0.4, -0.2) is 71.9 Å². The van der Waals surface area contributed by atoms with Crippen LogP contribution in [-0.2, 0) is 0 Å². The highest BCUT2D eigenvalue weighted by atomic mass is 19.3. The highest BCUT2D eigenvalue weighted by Crippen LogP contribution is 2.36. The molecule has 33 heavy (non-hydrogen) atoms. The van der Waals surface area contributed by atoms with Crippen molar-refractivity contribution in [3.8, 4) is 17.0 Å². The molecule has 1 atom stereocenters. The predicted octanol–water partition coefficient (Wildman–Crippen LogP) is 4.20. The number of hydrogen-bond donors (Lipinski definition) is 3. The summed E-state index contributed by atoms with van der Waals surface area (Å²) in [6.45, 7) is -0.209. The molecular weight excluding hydrogens is 437 g/mol. The van der Waals surface area contributed by atoms with Crippen LogP contribution in [0.4, 0.5) is 30.5 Å². The molecular formula is C21H25F3N8O. The number of likely N-dealkylation sites (N-methyl/N-ethyl adjacent to an activating group) is 1. The maximum absolute atomic E-state index is 14.2. The van der Waals surface area contributed by atoms with E-state index in [4.69, 9.17) is 10.3 Å². The molecule has 3 aromatic rings. The predicted molar refractivity (Wildman–Crippen MR) is 119 cm³/mol. The normalized spacial score (nSPS) is 17.9. The molecule has 9 nitrogen and oxygen atoms in total. The Morgan fingerprint density at radius 1 is 1.33 bits per heavy atom. The first-order chi connectivity index (χ1) is 15.9. The standard InChI is InChI=1S/C21H25F3N8O/c1-31-11-17(21(23,24)12-31)27-20-28-19(33-2)18-14(6-9-32(18)30-20)13-4-5-15(29-25)16(10-13)26-8-3-7-22/h4-6,9-10,17,25-26H,3,7-8,11-12H2,1-2H3,(H,27,30)/t17-/m1/s1. The fourth-order valence-corrected chi connectivity index (χ4v) is 3.95. The molecule has 2 aromatic heterocycles. The Balaban J connectivity index is 1.69. The summed E-state index contributed by atoms with van der Waals surface area (Å²) in [6, 6.07) is 5.99. The number of nitrogens with zero attached hydrogens (tertiary/aromatic N) is 5. The number of likely N-dealkylation sites (tertiary alicyclic amines) is 1. The van der Waals surface area contributed by atoms with Crippen LogP contribution in [0, 0.1) is 5.53 Å². The van der Waals surface area contributed by atoms with Crippen molar-refractivity contribution in [3.05, 3.63) is 30.5 Å². The van der Waals surface area contributed by atoms with Gasteiger partial charge >= 0.3 is 0 Å². The number of anilines is 2. The van der Waals surface area contributed by atoms with Crippen LogP contribution in [0.5, 0.6) is 5.88 Å². The third-order valence-electron chi connectivity index (χ3n) is 5.51. The summed E-state index contributed by atoms with van der Waals surface area (Å²) >= 11 is 0. The maximum Gasteiger partial charge on any atom is 0.281 e. The molecule has 1 fully saturated rings. The van der Waals surface area contributed by atoms with Crippen molar-refractivity contribution in [2.75, 3.05) is 51.1 Å². The molecule has 1 aliphatic rings. The molecule has 0 bridgehead atoms. The molecule has 0 unspecified atom stereocenters. The van der Waals surface area contributed by atoms with Gasteiger partial charge in [0.05, 0.1) is 26.0 Å². The lowest BCUT2D eigenvalue weighted by Crippen LogP contribution is -2.38. The number of halogens is 3. The largest absolute Gasteiger partial charge is 0.479 e. The van der Waals surface area contributed by atoms with Crippen LogP contribution in [0.3, 0.4) is 0 Å². The number of methoxy groups -OCH3 is 1. The average Bonchev–Trinajstić information content (AvgIpc) is 3.32. The minimum Gasteiger partial charge on any atom is -0.479 e. The summed E-state index contributed by atoms with van der Waals surface area (Å²) in [5.74, 6) is -2.64. The Labute approximate surface area is 188 Å². The summed E-state index contributed by atoms with van der Waals surface area (Å²) in [4.78, 5) is 5.87. The average molecular weight is 462 g/mol. The van der Waals surface area contributed by atoms with Crippen molar-refractivity contribution >= 4 is 22.8 Å². The van der Waals surface area contributed by atoms with Gasteiger partial charge in [-0.3, -0.25) is 9.29 Å². The maximum atomic E-state index is 14.2. The molecule has 0 saturated carbocycles. The Morgan fingerprint density at radius 2 is 2.15 bits per heavy atom. The summed E-state index contributed by atoms with van der Waals surface area (Å²) in [5.41, 5.74) is 10.5. The van der Waals surface area contributed by atoms with E-state index in [1.165, 1.54) is 11.6 Å². The summed E-state index contributed by atoms with van der Waals surface area (Å²) in [5, 5.41) is 13.7. The van der Waals surface area contributed by atoms with Gasteiger partial charge < -0.3 is 15.4 Å². The number of aromatic nitrogens is 3. The van der Waals surface area contributed by atoms with Gasteiger partial charge in [-0.2, -0.15) is 10.1 Å². The van der Waals surface area contributed by atoms with E-state index in [-0.39, 0.29) is 24.9 Å². The number of benzene rings is 1. The molecule has 0 aliphatic carbocycles. The lowest BCUT2D eigenvalue weighted by atomic mass is 10.1. The second kappa shape index (κ2) is 9.22. The van der Waals surface area contributed by atoms with E-state index in [0.717, 1.165) is 11.1 Å². The topological polar surface area (TPSA) is 103 Å². The molecule has 1 aromatic carbocycles. The molecule has 3 N–H and O–H groups in total. The highest BCUT2D eigenvalue weighted by Gasteiger charge is 2.47. The third kappa shape index (κ3) is 4.56. The van der Waals surface area contributed by atoms with E-state index >= 15 is 0 Å². The molecule has 0 radical (unpaired) electrons. The van der Waals surface area contributed by atoms with Crippen molar-refractivity contribution in [2.24, 2.45) is 5.11 Å². The summed E-state index contributed by atoms with van der Waals surface area (Å²) in [6.07, 6.45) is 2.03. The molecule has 4 rings (SSSR count). The van der Waals surface area contributed by atoms with Crippen LogP contribution in [0.15, 0.2) is 35.6 Å². The first-order valence-corrected chi connectivity index (χ1v) is 10.4. The van der Waals surface area contributed by atoms with Crippen LogP contribution < -0.4 is 15.4 Å². The van der Waals surface area contributed by atoms with Crippen LogP contribution in [0.1, 0.15) is 6.42 Å². The van der Waals surface area contributed by atoms with Crippen molar-refractivity contribution in [1.82, 2.24) is 19.5 Å². The van der Waals surface area contributed by atoms with Crippen LogP contribution in [0.2, 0.25) is 0 Å². The van der Waals surface area contributed by atoms with E-state index in [1.54, 1.807) is 36.3 Å². The van der Waals surface area contributed by atoms with E-state index < -0.39 is 18.6 Å². The Kier molecular flexibility index (Phi) is 6.36. The smallest absolute Gasteiger partial charge is 0.281 e. The van der Waals surface area contributed by atoms with Crippen LogP contribution >= 0.6 is 0 Å². The monoisotopic (exact) mass is 462 g/mol. The number of fused-ring (bicyclic) bond motifs is 1.